The third-order valence-electron chi connectivity index (χ3n) is 2.05. The Hall–Kier alpha value is -0.590. The van der Waals surface area contributed by atoms with E-state index in [1.54, 1.807) is 13.8 Å². The largest absolute Gasteiger partial charge is 0.390 e. The predicted octanol–water partition coefficient (Wildman–Crippen LogP) is 1.09. The predicted molar refractivity (Wildman–Crippen MR) is 43.0 cm³/mol. The maximum absolute atomic E-state index is 13.3. The first-order valence-corrected chi connectivity index (χ1v) is 4.01. The summed E-state index contributed by atoms with van der Waals surface area (Å²) in [5.41, 5.74) is 0. The van der Waals surface area contributed by atoms with Crippen molar-refractivity contribution in [2.24, 2.45) is 5.92 Å². The normalized spacial score (nSPS) is 40.7. The molecule has 0 aromatic heterocycles. The number of halogens is 1. The fraction of sp³-hybridized carbons (Fsp3) is 0.778. The molecule has 12 heavy (non-hydrogen) atoms. The van der Waals surface area contributed by atoms with E-state index in [1.807, 2.05) is 0 Å². The van der Waals surface area contributed by atoms with Crippen LogP contribution in [0.4, 0.5) is 4.39 Å². The molecule has 1 N–H and O–H groups in total. The van der Waals surface area contributed by atoms with Crippen LogP contribution in [0.25, 0.3) is 0 Å². The quantitative estimate of drug-likeness (QED) is 0.600. The molecule has 0 aromatic rings. The molecule has 0 spiro atoms. The van der Waals surface area contributed by atoms with Gasteiger partial charge in [0.15, 0.2) is 0 Å². The molecule has 1 heterocycles. The number of hydrogen-bond donors (Lipinski definition) is 1. The molecule has 1 fully saturated rings. The zero-order valence-corrected chi connectivity index (χ0v) is 7.30. The summed E-state index contributed by atoms with van der Waals surface area (Å²) in [5, 5.41) is 8.68. The van der Waals surface area contributed by atoms with Gasteiger partial charge in [-0.05, 0) is 13.8 Å². The molecule has 0 unspecified atom stereocenters. The van der Waals surface area contributed by atoms with Gasteiger partial charge in [-0.3, -0.25) is 0 Å². The van der Waals surface area contributed by atoms with E-state index in [4.69, 9.17) is 9.84 Å². The molecular formula is C9H13FO2. The summed E-state index contributed by atoms with van der Waals surface area (Å²) in [5.74, 6) is 3.62. The van der Waals surface area contributed by atoms with Crippen LogP contribution < -0.4 is 0 Å². The van der Waals surface area contributed by atoms with Gasteiger partial charge in [0.25, 0.3) is 0 Å². The second-order valence-electron chi connectivity index (χ2n) is 3.07. The summed E-state index contributed by atoms with van der Waals surface area (Å²) in [6.45, 7) is 2.90. The molecule has 1 aliphatic heterocycles. The van der Waals surface area contributed by atoms with Crippen LogP contribution in [0.3, 0.4) is 0 Å². The Balaban J connectivity index is 2.65. The molecule has 0 aromatic carbocycles. The summed E-state index contributed by atoms with van der Waals surface area (Å²) in [6, 6.07) is 0. The molecule has 0 bridgehead atoms. The van der Waals surface area contributed by atoms with E-state index in [2.05, 4.69) is 11.8 Å². The second kappa shape index (κ2) is 3.42. The number of aliphatic hydroxyl groups excluding tert-OH is 1. The Morgan fingerprint density at radius 1 is 1.75 bits per heavy atom. The van der Waals surface area contributed by atoms with Crippen molar-refractivity contribution in [3.63, 3.8) is 0 Å². The highest BCUT2D eigenvalue weighted by atomic mass is 19.2. The highest BCUT2D eigenvalue weighted by Crippen LogP contribution is 2.35. The third-order valence-corrected chi connectivity index (χ3v) is 2.05. The van der Waals surface area contributed by atoms with Gasteiger partial charge in [0.2, 0.25) is 5.85 Å². The van der Waals surface area contributed by atoms with Crippen LogP contribution in [0.2, 0.25) is 0 Å². The maximum Gasteiger partial charge on any atom is 0.234 e. The molecule has 1 aliphatic rings. The van der Waals surface area contributed by atoms with Crippen LogP contribution in [0.15, 0.2) is 0 Å². The molecule has 0 saturated carbocycles. The Morgan fingerprint density at radius 2 is 2.42 bits per heavy atom. The number of hydrogen-bond acceptors (Lipinski definition) is 2. The minimum Gasteiger partial charge on any atom is -0.390 e. The van der Waals surface area contributed by atoms with E-state index in [9.17, 15) is 4.39 Å². The van der Waals surface area contributed by atoms with Crippen LogP contribution in [-0.2, 0) is 4.74 Å². The topological polar surface area (TPSA) is 29.5 Å². The van der Waals surface area contributed by atoms with E-state index in [-0.39, 0.29) is 18.4 Å². The van der Waals surface area contributed by atoms with Crippen LogP contribution in [0.5, 0.6) is 0 Å². The fourth-order valence-corrected chi connectivity index (χ4v) is 1.41. The van der Waals surface area contributed by atoms with Gasteiger partial charge < -0.3 is 9.84 Å². The van der Waals surface area contributed by atoms with Crippen molar-refractivity contribution in [3.8, 4) is 11.8 Å². The smallest absolute Gasteiger partial charge is 0.234 e. The monoisotopic (exact) mass is 172 g/mol. The van der Waals surface area contributed by atoms with Crippen molar-refractivity contribution >= 4 is 0 Å². The van der Waals surface area contributed by atoms with Crippen LogP contribution >= 0.6 is 0 Å². The standard InChI is InChI=1S/C9H13FO2/c1-3-4-8-5-9(10,6-11)12-7(8)2/h7-8,11H,5-6H2,1-2H3/t7-,8-,9-/m0/s1. The van der Waals surface area contributed by atoms with E-state index in [0.717, 1.165) is 0 Å². The average molecular weight is 172 g/mol. The highest BCUT2D eigenvalue weighted by Gasteiger charge is 2.44. The zero-order chi connectivity index (χ0) is 9.19. The van der Waals surface area contributed by atoms with Crippen molar-refractivity contribution in [1.29, 1.82) is 0 Å². The lowest BCUT2D eigenvalue weighted by Gasteiger charge is -2.15. The first-order chi connectivity index (χ1) is 5.61. The summed E-state index contributed by atoms with van der Waals surface area (Å²) in [6.07, 6.45) is -0.0551. The molecule has 2 nitrogen and oxygen atoms in total. The van der Waals surface area contributed by atoms with E-state index in [0.29, 0.717) is 0 Å². The molecule has 1 saturated heterocycles. The van der Waals surface area contributed by atoms with Gasteiger partial charge in [-0.2, -0.15) is 0 Å². The highest BCUT2D eigenvalue weighted by molar-refractivity contribution is 5.07. The third kappa shape index (κ3) is 1.77. The van der Waals surface area contributed by atoms with Gasteiger partial charge in [0, 0.05) is 6.42 Å². The van der Waals surface area contributed by atoms with E-state index >= 15 is 0 Å². The maximum atomic E-state index is 13.3. The zero-order valence-electron chi connectivity index (χ0n) is 7.30. The van der Waals surface area contributed by atoms with Crippen molar-refractivity contribution < 1.29 is 14.2 Å². The Kier molecular flexibility index (Phi) is 2.71. The Morgan fingerprint density at radius 3 is 2.83 bits per heavy atom. The van der Waals surface area contributed by atoms with Gasteiger partial charge in [0.1, 0.15) is 6.61 Å². The molecule has 0 radical (unpaired) electrons. The van der Waals surface area contributed by atoms with Gasteiger partial charge in [-0.1, -0.05) is 5.92 Å². The minimum atomic E-state index is -1.87. The average Bonchev–Trinajstić information content (AvgIpc) is 2.30. The van der Waals surface area contributed by atoms with Crippen molar-refractivity contribution in [1.82, 2.24) is 0 Å². The molecule has 0 amide bonds. The number of alkyl halides is 1. The first kappa shape index (κ1) is 9.50. The van der Waals surface area contributed by atoms with Gasteiger partial charge in [-0.15, -0.1) is 5.92 Å². The number of rotatable bonds is 1. The molecule has 0 aliphatic carbocycles. The SMILES string of the molecule is CC#C[C@H]1C[C@@](F)(CO)O[C@H]1C. The van der Waals surface area contributed by atoms with Gasteiger partial charge in [0.05, 0.1) is 12.0 Å². The Bertz CT molecular complexity index is 218. The Labute approximate surface area is 71.7 Å². The lowest BCUT2D eigenvalue weighted by atomic mass is 10.0. The van der Waals surface area contributed by atoms with Crippen LogP contribution in [-0.4, -0.2) is 23.7 Å². The van der Waals surface area contributed by atoms with Crippen molar-refractivity contribution in [3.05, 3.63) is 0 Å². The molecule has 3 atom stereocenters. The molecule has 3 heteroatoms. The van der Waals surface area contributed by atoms with Crippen LogP contribution in [0.1, 0.15) is 20.3 Å². The minimum absolute atomic E-state index is 0.0906. The summed E-state index contributed by atoms with van der Waals surface area (Å²) in [4.78, 5) is 0. The number of ether oxygens (including phenoxy) is 1. The summed E-state index contributed by atoms with van der Waals surface area (Å²) >= 11 is 0. The fourth-order valence-electron chi connectivity index (χ4n) is 1.41. The van der Waals surface area contributed by atoms with Gasteiger partial charge >= 0.3 is 0 Å². The number of aliphatic hydroxyl groups is 1. The van der Waals surface area contributed by atoms with Gasteiger partial charge in [-0.25, -0.2) is 4.39 Å². The van der Waals surface area contributed by atoms with Crippen LogP contribution in [0, 0.1) is 17.8 Å². The second-order valence-corrected chi connectivity index (χ2v) is 3.07. The van der Waals surface area contributed by atoms with E-state index < -0.39 is 12.5 Å². The summed E-state index contributed by atoms with van der Waals surface area (Å²) in [7, 11) is 0. The summed E-state index contributed by atoms with van der Waals surface area (Å²) < 4.78 is 18.3. The molecule has 68 valence electrons. The van der Waals surface area contributed by atoms with Crippen molar-refractivity contribution in [2.75, 3.05) is 6.61 Å². The lowest BCUT2D eigenvalue weighted by Crippen LogP contribution is -2.26. The lowest BCUT2D eigenvalue weighted by molar-refractivity contribution is -0.156. The van der Waals surface area contributed by atoms with Crippen molar-refractivity contribution in [2.45, 2.75) is 32.2 Å². The first-order valence-electron chi connectivity index (χ1n) is 4.01. The van der Waals surface area contributed by atoms with E-state index in [1.165, 1.54) is 0 Å². The molecular weight excluding hydrogens is 159 g/mol. The molecule has 1 rings (SSSR count).